The first kappa shape index (κ1) is 15.6. The Hall–Kier alpha value is -2.32. The molecule has 2 aromatic rings. The average molecular weight is 324 g/mol. The van der Waals surface area contributed by atoms with E-state index in [9.17, 15) is 15.2 Å². The first-order valence-corrected chi connectivity index (χ1v) is 8.44. The molecule has 0 saturated carbocycles. The predicted octanol–water partition coefficient (Wildman–Crippen LogP) is 3.75. The first-order chi connectivity index (χ1) is 11.2. The number of aliphatic carboxylic acids is 1. The molecule has 1 aromatic carbocycles. The molecule has 1 aliphatic carbocycles. The number of hydrogen-bond donors (Lipinski definition) is 1. The lowest BCUT2D eigenvalue weighted by Gasteiger charge is -2.18. The molecule has 0 bridgehead atoms. The van der Waals surface area contributed by atoms with Crippen LogP contribution >= 0.6 is 11.8 Å². The molecule has 5 heteroatoms. The summed E-state index contributed by atoms with van der Waals surface area (Å²) < 4.78 is 0. The van der Waals surface area contributed by atoms with E-state index in [2.05, 4.69) is 11.1 Å². The van der Waals surface area contributed by atoms with Gasteiger partial charge in [-0.15, -0.1) is 0 Å². The molecule has 0 fully saturated rings. The molecule has 0 amide bonds. The third-order valence-corrected chi connectivity index (χ3v) is 5.19. The van der Waals surface area contributed by atoms with E-state index in [4.69, 9.17) is 0 Å². The molecule has 0 aliphatic heterocycles. The molecule has 1 aliphatic rings. The van der Waals surface area contributed by atoms with Crippen LogP contribution in [0.5, 0.6) is 0 Å². The minimum atomic E-state index is -0.926. The Labute approximate surface area is 139 Å². The fourth-order valence-electron chi connectivity index (χ4n) is 2.79. The van der Waals surface area contributed by atoms with E-state index in [1.54, 1.807) is 12.1 Å². The topological polar surface area (TPSA) is 74.0 Å². The van der Waals surface area contributed by atoms with Gasteiger partial charge in [0, 0.05) is 5.69 Å². The highest BCUT2D eigenvalue weighted by molar-refractivity contribution is 8.00. The summed E-state index contributed by atoms with van der Waals surface area (Å²) in [4.78, 5) is 16.3. The summed E-state index contributed by atoms with van der Waals surface area (Å²) >= 11 is 1.14. The SMILES string of the molecule is N#Cc1cc2c(nc1SC(C(=O)O)c1ccccc1)CCCC2. The summed E-state index contributed by atoms with van der Waals surface area (Å²) in [5.41, 5.74) is 3.31. The predicted molar refractivity (Wildman–Crippen MR) is 88.3 cm³/mol. The van der Waals surface area contributed by atoms with Crippen LogP contribution in [0.1, 0.15) is 40.5 Å². The number of rotatable bonds is 4. The number of thioether (sulfide) groups is 1. The lowest BCUT2D eigenvalue weighted by Crippen LogP contribution is -2.11. The van der Waals surface area contributed by atoms with E-state index in [1.807, 2.05) is 24.3 Å². The highest BCUT2D eigenvalue weighted by atomic mass is 32.2. The Morgan fingerprint density at radius 3 is 2.70 bits per heavy atom. The number of carbonyl (C=O) groups is 1. The second-order valence-corrected chi connectivity index (χ2v) is 6.61. The van der Waals surface area contributed by atoms with Crippen LogP contribution in [0.25, 0.3) is 0 Å². The minimum Gasteiger partial charge on any atom is -0.480 e. The van der Waals surface area contributed by atoms with Gasteiger partial charge in [0.25, 0.3) is 0 Å². The van der Waals surface area contributed by atoms with Crippen LogP contribution < -0.4 is 0 Å². The van der Waals surface area contributed by atoms with Gasteiger partial charge in [0.05, 0.1) is 5.56 Å². The Morgan fingerprint density at radius 2 is 2.00 bits per heavy atom. The van der Waals surface area contributed by atoms with E-state index >= 15 is 0 Å². The molecule has 4 nitrogen and oxygen atoms in total. The number of nitriles is 1. The maximum Gasteiger partial charge on any atom is 0.321 e. The van der Waals surface area contributed by atoms with E-state index in [-0.39, 0.29) is 0 Å². The van der Waals surface area contributed by atoms with Crippen LogP contribution in [0.4, 0.5) is 0 Å². The van der Waals surface area contributed by atoms with Gasteiger partial charge in [-0.1, -0.05) is 42.1 Å². The Kier molecular flexibility index (Phi) is 4.63. The van der Waals surface area contributed by atoms with Crippen LogP contribution in [0.15, 0.2) is 41.4 Å². The molecule has 23 heavy (non-hydrogen) atoms. The lowest BCUT2D eigenvalue weighted by atomic mass is 9.95. The van der Waals surface area contributed by atoms with Gasteiger partial charge in [-0.3, -0.25) is 4.79 Å². The Bertz CT molecular complexity index is 769. The standard InChI is InChI=1S/C18H16N2O2S/c19-11-14-10-13-8-4-5-9-15(13)20-17(14)23-16(18(21)22)12-6-2-1-3-7-12/h1-3,6-7,10,16H,4-5,8-9H2,(H,21,22). The zero-order valence-corrected chi connectivity index (χ0v) is 13.3. The number of aryl methyl sites for hydroxylation is 2. The second kappa shape index (κ2) is 6.84. The number of nitrogens with zero attached hydrogens (tertiary/aromatic N) is 2. The van der Waals surface area contributed by atoms with Gasteiger partial charge >= 0.3 is 5.97 Å². The van der Waals surface area contributed by atoms with Crippen molar-refractivity contribution in [3.8, 4) is 6.07 Å². The van der Waals surface area contributed by atoms with Crippen molar-refractivity contribution in [1.82, 2.24) is 4.98 Å². The summed E-state index contributed by atoms with van der Waals surface area (Å²) in [6.07, 6.45) is 4.06. The fourth-order valence-corrected chi connectivity index (χ4v) is 3.80. The number of aromatic nitrogens is 1. The normalized spacial score (nSPS) is 14.6. The highest BCUT2D eigenvalue weighted by Crippen LogP contribution is 2.37. The van der Waals surface area contributed by atoms with Crippen molar-refractivity contribution in [2.45, 2.75) is 36.0 Å². The lowest BCUT2D eigenvalue weighted by molar-refractivity contribution is -0.136. The van der Waals surface area contributed by atoms with Gasteiger partial charge < -0.3 is 5.11 Å². The average Bonchev–Trinajstić information content (AvgIpc) is 2.59. The third-order valence-electron chi connectivity index (χ3n) is 3.94. The number of benzene rings is 1. The first-order valence-electron chi connectivity index (χ1n) is 7.56. The van der Waals surface area contributed by atoms with Crippen molar-refractivity contribution in [3.63, 3.8) is 0 Å². The number of carboxylic acids is 1. The van der Waals surface area contributed by atoms with Crippen molar-refractivity contribution >= 4 is 17.7 Å². The smallest absolute Gasteiger partial charge is 0.321 e. The summed E-state index contributed by atoms with van der Waals surface area (Å²) in [7, 11) is 0. The summed E-state index contributed by atoms with van der Waals surface area (Å²) in [5.74, 6) is -0.926. The van der Waals surface area contributed by atoms with E-state index in [1.165, 1.54) is 0 Å². The van der Waals surface area contributed by atoms with Crippen molar-refractivity contribution in [2.75, 3.05) is 0 Å². The summed E-state index contributed by atoms with van der Waals surface area (Å²) in [6, 6.07) is 13.1. The number of fused-ring (bicyclic) bond motifs is 1. The number of pyridine rings is 1. The van der Waals surface area contributed by atoms with Gasteiger partial charge in [-0.05, 0) is 42.9 Å². The van der Waals surface area contributed by atoms with Gasteiger partial charge in [0.2, 0.25) is 0 Å². The Balaban J connectivity index is 1.97. The molecular formula is C18H16N2O2S. The molecule has 1 N–H and O–H groups in total. The van der Waals surface area contributed by atoms with Crippen molar-refractivity contribution < 1.29 is 9.90 Å². The molecule has 0 radical (unpaired) electrons. The summed E-state index contributed by atoms with van der Waals surface area (Å²) in [5, 5.41) is 18.7. The molecule has 1 aromatic heterocycles. The van der Waals surface area contributed by atoms with Crippen LogP contribution in [0, 0.1) is 11.3 Å². The zero-order valence-electron chi connectivity index (χ0n) is 12.5. The molecule has 3 rings (SSSR count). The van der Waals surface area contributed by atoms with E-state index in [0.29, 0.717) is 16.2 Å². The van der Waals surface area contributed by atoms with Crippen molar-refractivity contribution in [1.29, 1.82) is 5.26 Å². The molecule has 1 atom stereocenters. The molecule has 1 heterocycles. The second-order valence-electron chi connectivity index (χ2n) is 5.51. The quantitative estimate of drug-likeness (QED) is 0.867. The van der Waals surface area contributed by atoms with Crippen molar-refractivity contribution in [3.05, 3.63) is 58.8 Å². The molecule has 116 valence electrons. The zero-order chi connectivity index (χ0) is 16.2. The van der Waals surface area contributed by atoms with E-state index in [0.717, 1.165) is 48.7 Å². The largest absolute Gasteiger partial charge is 0.480 e. The Morgan fingerprint density at radius 1 is 1.26 bits per heavy atom. The van der Waals surface area contributed by atoms with Crippen LogP contribution in [-0.4, -0.2) is 16.1 Å². The van der Waals surface area contributed by atoms with E-state index < -0.39 is 11.2 Å². The van der Waals surface area contributed by atoms with Crippen LogP contribution in [-0.2, 0) is 17.6 Å². The molecular weight excluding hydrogens is 308 g/mol. The van der Waals surface area contributed by atoms with Gasteiger partial charge in [-0.2, -0.15) is 5.26 Å². The van der Waals surface area contributed by atoms with Gasteiger partial charge in [0.1, 0.15) is 16.3 Å². The number of carboxylic acid groups (broad SMARTS) is 1. The fraction of sp³-hybridized carbons (Fsp3) is 0.278. The minimum absolute atomic E-state index is 0.470. The number of hydrogen-bond acceptors (Lipinski definition) is 4. The van der Waals surface area contributed by atoms with Gasteiger partial charge in [0.15, 0.2) is 0 Å². The van der Waals surface area contributed by atoms with Gasteiger partial charge in [-0.25, -0.2) is 4.98 Å². The van der Waals surface area contributed by atoms with Crippen LogP contribution in [0.3, 0.4) is 0 Å². The van der Waals surface area contributed by atoms with Crippen LogP contribution in [0.2, 0.25) is 0 Å². The summed E-state index contributed by atoms with van der Waals surface area (Å²) in [6.45, 7) is 0. The highest BCUT2D eigenvalue weighted by Gasteiger charge is 2.24. The monoisotopic (exact) mass is 324 g/mol. The molecule has 1 unspecified atom stereocenters. The van der Waals surface area contributed by atoms with Crippen molar-refractivity contribution in [2.24, 2.45) is 0 Å². The maximum absolute atomic E-state index is 11.7. The maximum atomic E-state index is 11.7. The molecule has 0 saturated heterocycles. The molecule has 0 spiro atoms. The third kappa shape index (κ3) is 3.38.